The number of ether oxygens (including phenoxy) is 2. The number of para-hydroxylation sites is 1. The van der Waals surface area contributed by atoms with Crippen LogP contribution in [0.3, 0.4) is 0 Å². The molecule has 0 fully saturated rings. The van der Waals surface area contributed by atoms with Gasteiger partial charge in [0.15, 0.2) is 11.5 Å². The Morgan fingerprint density at radius 2 is 1.42 bits per heavy atom. The summed E-state index contributed by atoms with van der Waals surface area (Å²) in [6.45, 7) is 8.01. The molecule has 0 aliphatic heterocycles. The predicted octanol–water partition coefficient (Wildman–Crippen LogP) is 7.84. The Morgan fingerprint density at radius 1 is 0.737 bits per heavy atom. The molecule has 0 saturated carbocycles. The summed E-state index contributed by atoms with van der Waals surface area (Å²) in [5.41, 5.74) is 5.78. The zero-order chi connectivity index (χ0) is 26.7. The SMILES string of the molecule is CCCCN(Cc1cccc(OC)c1OC)Cc1c(-c2ccccc2)nc(-c2ccccc2)n1CCCC. The molecular formula is C33H41N3O2. The number of benzene rings is 3. The lowest BCUT2D eigenvalue weighted by Gasteiger charge is -2.25. The van der Waals surface area contributed by atoms with Crippen molar-refractivity contribution >= 4 is 0 Å². The van der Waals surface area contributed by atoms with E-state index < -0.39 is 0 Å². The lowest BCUT2D eigenvalue weighted by molar-refractivity contribution is 0.241. The fourth-order valence-electron chi connectivity index (χ4n) is 4.97. The van der Waals surface area contributed by atoms with Crippen molar-refractivity contribution in [1.82, 2.24) is 14.5 Å². The number of imidazole rings is 1. The summed E-state index contributed by atoms with van der Waals surface area (Å²) in [5.74, 6) is 2.62. The Morgan fingerprint density at radius 3 is 2.05 bits per heavy atom. The molecule has 0 aliphatic carbocycles. The number of nitrogens with zero attached hydrogens (tertiary/aromatic N) is 3. The zero-order valence-electron chi connectivity index (χ0n) is 23.3. The summed E-state index contributed by atoms with van der Waals surface area (Å²) in [6.07, 6.45) is 4.51. The van der Waals surface area contributed by atoms with Gasteiger partial charge in [-0.25, -0.2) is 4.98 Å². The number of methoxy groups -OCH3 is 2. The van der Waals surface area contributed by atoms with Crippen molar-refractivity contribution in [3.63, 3.8) is 0 Å². The van der Waals surface area contributed by atoms with Crippen LogP contribution in [0.1, 0.15) is 50.8 Å². The largest absolute Gasteiger partial charge is 0.493 e. The van der Waals surface area contributed by atoms with E-state index in [2.05, 4.69) is 90.0 Å². The molecule has 1 heterocycles. The molecule has 0 spiro atoms. The van der Waals surface area contributed by atoms with Gasteiger partial charge in [0.05, 0.1) is 25.6 Å². The first-order chi connectivity index (χ1) is 18.7. The average Bonchev–Trinajstić information content (AvgIpc) is 3.33. The minimum absolute atomic E-state index is 0.768. The molecule has 4 rings (SSSR count). The third-order valence-corrected chi connectivity index (χ3v) is 6.97. The van der Waals surface area contributed by atoms with Crippen molar-refractivity contribution in [1.29, 1.82) is 0 Å². The summed E-state index contributed by atoms with van der Waals surface area (Å²) in [5, 5.41) is 0. The first kappa shape index (κ1) is 27.5. The van der Waals surface area contributed by atoms with E-state index >= 15 is 0 Å². The lowest BCUT2D eigenvalue weighted by Crippen LogP contribution is -2.26. The molecule has 0 N–H and O–H groups in total. The number of aromatic nitrogens is 2. The molecule has 4 aromatic rings. The van der Waals surface area contributed by atoms with Crippen LogP contribution >= 0.6 is 0 Å². The first-order valence-corrected chi connectivity index (χ1v) is 13.8. The topological polar surface area (TPSA) is 39.5 Å². The third-order valence-electron chi connectivity index (χ3n) is 6.97. The number of unbranched alkanes of at least 4 members (excludes halogenated alkanes) is 2. The summed E-state index contributed by atoms with van der Waals surface area (Å²) in [4.78, 5) is 7.83. The smallest absolute Gasteiger partial charge is 0.165 e. The van der Waals surface area contributed by atoms with Crippen LogP contribution in [0.2, 0.25) is 0 Å². The van der Waals surface area contributed by atoms with Gasteiger partial charge in [-0.15, -0.1) is 0 Å². The Hall–Kier alpha value is -3.57. The van der Waals surface area contributed by atoms with Crippen molar-refractivity contribution < 1.29 is 9.47 Å². The first-order valence-electron chi connectivity index (χ1n) is 13.8. The van der Waals surface area contributed by atoms with Crippen LogP contribution in [0, 0.1) is 0 Å². The Kier molecular flexibility index (Phi) is 9.99. The van der Waals surface area contributed by atoms with E-state index in [1.165, 1.54) is 5.69 Å². The van der Waals surface area contributed by atoms with Gasteiger partial charge in [0.1, 0.15) is 5.82 Å². The van der Waals surface area contributed by atoms with Crippen LogP contribution in [0.25, 0.3) is 22.6 Å². The molecule has 0 atom stereocenters. The maximum atomic E-state index is 5.79. The normalized spacial score (nSPS) is 11.2. The van der Waals surface area contributed by atoms with E-state index in [1.807, 2.05) is 12.1 Å². The van der Waals surface area contributed by atoms with Gasteiger partial charge in [0, 0.05) is 36.3 Å². The van der Waals surface area contributed by atoms with Gasteiger partial charge in [0.2, 0.25) is 0 Å². The molecule has 200 valence electrons. The zero-order valence-corrected chi connectivity index (χ0v) is 23.3. The highest BCUT2D eigenvalue weighted by atomic mass is 16.5. The third kappa shape index (κ3) is 6.46. The molecule has 0 aliphatic rings. The van der Waals surface area contributed by atoms with Gasteiger partial charge >= 0.3 is 0 Å². The van der Waals surface area contributed by atoms with Gasteiger partial charge in [-0.2, -0.15) is 0 Å². The van der Waals surface area contributed by atoms with Gasteiger partial charge in [0.25, 0.3) is 0 Å². The van der Waals surface area contributed by atoms with E-state index in [0.717, 1.165) is 91.6 Å². The quantitative estimate of drug-likeness (QED) is 0.173. The highest BCUT2D eigenvalue weighted by Gasteiger charge is 2.22. The highest BCUT2D eigenvalue weighted by molar-refractivity contribution is 5.68. The van der Waals surface area contributed by atoms with Crippen molar-refractivity contribution in [3.05, 3.63) is 90.1 Å². The maximum Gasteiger partial charge on any atom is 0.165 e. The molecular weight excluding hydrogens is 470 g/mol. The predicted molar refractivity (Wildman–Crippen MR) is 157 cm³/mol. The Bertz CT molecular complexity index is 1270. The maximum absolute atomic E-state index is 5.79. The van der Waals surface area contributed by atoms with Crippen LogP contribution in [0.5, 0.6) is 11.5 Å². The summed E-state index contributed by atoms with van der Waals surface area (Å²) in [7, 11) is 3.41. The molecule has 0 bridgehead atoms. The van der Waals surface area contributed by atoms with E-state index in [9.17, 15) is 0 Å². The fourth-order valence-corrected chi connectivity index (χ4v) is 4.97. The summed E-state index contributed by atoms with van der Waals surface area (Å²) >= 11 is 0. The van der Waals surface area contributed by atoms with Crippen molar-refractivity contribution in [2.45, 2.75) is 59.2 Å². The Labute approximate surface area is 228 Å². The minimum atomic E-state index is 0.768. The highest BCUT2D eigenvalue weighted by Crippen LogP contribution is 2.34. The second-order valence-electron chi connectivity index (χ2n) is 9.68. The van der Waals surface area contributed by atoms with Gasteiger partial charge < -0.3 is 14.0 Å². The minimum Gasteiger partial charge on any atom is -0.493 e. The van der Waals surface area contributed by atoms with Gasteiger partial charge in [-0.05, 0) is 25.5 Å². The lowest BCUT2D eigenvalue weighted by atomic mass is 10.1. The van der Waals surface area contributed by atoms with Crippen molar-refractivity contribution in [2.75, 3.05) is 20.8 Å². The average molecular weight is 512 g/mol. The monoisotopic (exact) mass is 511 g/mol. The van der Waals surface area contributed by atoms with E-state index in [1.54, 1.807) is 14.2 Å². The number of hydrogen-bond donors (Lipinski definition) is 0. The van der Waals surface area contributed by atoms with E-state index in [-0.39, 0.29) is 0 Å². The molecule has 5 nitrogen and oxygen atoms in total. The molecule has 0 unspecified atom stereocenters. The van der Waals surface area contributed by atoms with Gasteiger partial charge in [-0.1, -0.05) is 99.5 Å². The second-order valence-corrected chi connectivity index (χ2v) is 9.68. The van der Waals surface area contributed by atoms with Crippen LogP contribution in [0.4, 0.5) is 0 Å². The van der Waals surface area contributed by atoms with Gasteiger partial charge in [-0.3, -0.25) is 4.90 Å². The molecule has 38 heavy (non-hydrogen) atoms. The summed E-state index contributed by atoms with van der Waals surface area (Å²) in [6, 6.07) is 27.3. The molecule has 0 radical (unpaired) electrons. The van der Waals surface area contributed by atoms with Crippen LogP contribution < -0.4 is 9.47 Å². The Balaban J connectivity index is 1.81. The number of rotatable bonds is 14. The van der Waals surface area contributed by atoms with Crippen LogP contribution in [-0.4, -0.2) is 35.2 Å². The van der Waals surface area contributed by atoms with E-state index in [0.29, 0.717) is 0 Å². The molecule has 0 amide bonds. The summed E-state index contributed by atoms with van der Waals surface area (Å²) < 4.78 is 13.8. The van der Waals surface area contributed by atoms with Crippen LogP contribution in [-0.2, 0) is 19.6 Å². The second kappa shape index (κ2) is 13.8. The van der Waals surface area contributed by atoms with Crippen LogP contribution in [0.15, 0.2) is 78.9 Å². The molecule has 0 saturated heterocycles. The van der Waals surface area contributed by atoms with Crippen molar-refractivity contribution in [3.8, 4) is 34.1 Å². The van der Waals surface area contributed by atoms with Crippen molar-refractivity contribution in [2.24, 2.45) is 0 Å². The fraction of sp³-hybridized carbons (Fsp3) is 0.364. The standard InChI is InChI=1S/C33H41N3O2/c1-5-7-22-35(24-28-20-15-21-30(37-3)32(28)38-4)25-29-31(26-16-11-9-12-17-26)34-33(36(29)23-8-6-2)27-18-13-10-14-19-27/h9-21H,5-8,22-25H2,1-4H3. The molecule has 1 aromatic heterocycles. The molecule has 3 aromatic carbocycles. The van der Waals surface area contributed by atoms with E-state index in [4.69, 9.17) is 14.5 Å². The molecule has 5 heteroatoms. The number of hydrogen-bond acceptors (Lipinski definition) is 4.